The van der Waals surface area contributed by atoms with Gasteiger partial charge in [-0.3, -0.25) is 0 Å². The first-order valence-corrected chi connectivity index (χ1v) is 6.15. The number of nitrogens with zero attached hydrogens (tertiary/aromatic N) is 2. The van der Waals surface area contributed by atoms with E-state index in [9.17, 15) is 0 Å². The Morgan fingerprint density at radius 3 is 2.60 bits per heavy atom. The lowest BCUT2D eigenvalue weighted by molar-refractivity contribution is 0.220. The van der Waals surface area contributed by atoms with Gasteiger partial charge >= 0.3 is 0 Å². The zero-order valence-electron chi connectivity index (χ0n) is 9.33. The van der Waals surface area contributed by atoms with Crippen molar-refractivity contribution in [1.82, 2.24) is 14.5 Å². The van der Waals surface area contributed by atoms with Gasteiger partial charge in [0, 0.05) is 25.0 Å². The molecule has 1 N–H and O–H groups in total. The van der Waals surface area contributed by atoms with Crippen molar-refractivity contribution in [2.45, 2.75) is 32.7 Å². The van der Waals surface area contributed by atoms with Gasteiger partial charge in [-0.2, -0.15) is 0 Å². The monoisotopic (exact) mass is 225 g/mol. The molecular formula is C11H19N3S. The molecule has 4 heteroatoms. The zero-order valence-corrected chi connectivity index (χ0v) is 10.1. The molecule has 0 atom stereocenters. The smallest absolute Gasteiger partial charge is 0.177 e. The molecule has 0 radical (unpaired) electrons. The van der Waals surface area contributed by atoms with Crippen LogP contribution in [-0.4, -0.2) is 34.1 Å². The number of rotatable bonds is 3. The summed E-state index contributed by atoms with van der Waals surface area (Å²) in [5.74, 6) is 0. The second kappa shape index (κ2) is 4.94. The molecule has 0 saturated carbocycles. The van der Waals surface area contributed by atoms with E-state index in [0.29, 0.717) is 0 Å². The number of aromatic amines is 1. The fourth-order valence-corrected chi connectivity index (χ4v) is 2.47. The Morgan fingerprint density at radius 2 is 2.00 bits per heavy atom. The molecule has 1 aliphatic heterocycles. The van der Waals surface area contributed by atoms with Crippen molar-refractivity contribution >= 4 is 12.2 Å². The van der Waals surface area contributed by atoms with Crippen LogP contribution in [0.15, 0.2) is 6.20 Å². The summed E-state index contributed by atoms with van der Waals surface area (Å²) in [6.45, 7) is 6.72. The molecule has 1 fully saturated rings. The Hall–Kier alpha value is -0.610. The van der Waals surface area contributed by atoms with E-state index >= 15 is 0 Å². The quantitative estimate of drug-likeness (QED) is 0.798. The highest BCUT2D eigenvalue weighted by atomic mass is 32.1. The number of likely N-dealkylation sites (tertiary alicyclic amines) is 1. The Bertz CT molecular complexity index is 360. The van der Waals surface area contributed by atoms with Crippen LogP contribution in [0.1, 0.15) is 25.0 Å². The van der Waals surface area contributed by atoms with Gasteiger partial charge < -0.3 is 14.5 Å². The number of hydrogen-bond acceptors (Lipinski definition) is 2. The second-order valence-electron chi connectivity index (χ2n) is 4.34. The van der Waals surface area contributed by atoms with Crippen molar-refractivity contribution in [3.63, 3.8) is 0 Å². The van der Waals surface area contributed by atoms with E-state index in [0.717, 1.165) is 23.6 Å². The molecule has 3 nitrogen and oxygen atoms in total. The summed E-state index contributed by atoms with van der Waals surface area (Å²) in [7, 11) is 0. The summed E-state index contributed by atoms with van der Waals surface area (Å²) < 4.78 is 2.99. The molecular weight excluding hydrogens is 206 g/mol. The zero-order chi connectivity index (χ0) is 10.7. The van der Waals surface area contributed by atoms with Gasteiger partial charge in [0.15, 0.2) is 4.77 Å². The normalized spacial score (nSPS) is 18.2. The minimum absolute atomic E-state index is 0.851. The van der Waals surface area contributed by atoms with Crippen LogP contribution in [0.25, 0.3) is 0 Å². The average molecular weight is 225 g/mol. The van der Waals surface area contributed by atoms with E-state index in [1.165, 1.54) is 32.4 Å². The Kier molecular flexibility index (Phi) is 3.59. The SMILES string of the molecule is Cc1cn(CCN2CCCCC2)c(=S)[nH]1. The Balaban J connectivity index is 1.87. The first-order valence-electron chi connectivity index (χ1n) is 5.74. The third-order valence-electron chi connectivity index (χ3n) is 3.02. The predicted octanol–water partition coefficient (Wildman–Crippen LogP) is 2.34. The maximum Gasteiger partial charge on any atom is 0.177 e. The Morgan fingerprint density at radius 1 is 1.27 bits per heavy atom. The fraction of sp³-hybridized carbons (Fsp3) is 0.727. The summed E-state index contributed by atoms with van der Waals surface area (Å²) in [4.78, 5) is 5.69. The van der Waals surface area contributed by atoms with Gasteiger partial charge in [-0.05, 0) is 45.1 Å². The van der Waals surface area contributed by atoms with Crippen LogP contribution in [0, 0.1) is 11.7 Å². The number of piperidine rings is 1. The molecule has 0 aliphatic carbocycles. The molecule has 1 aromatic rings. The van der Waals surface area contributed by atoms with Gasteiger partial charge in [-0.1, -0.05) is 6.42 Å². The number of nitrogens with one attached hydrogen (secondary N) is 1. The van der Waals surface area contributed by atoms with Gasteiger partial charge in [0.05, 0.1) is 0 Å². The highest BCUT2D eigenvalue weighted by Gasteiger charge is 2.09. The minimum atomic E-state index is 0.851. The summed E-state index contributed by atoms with van der Waals surface area (Å²) in [6.07, 6.45) is 6.22. The number of H-pyrrole nitrogens is 1. The lowest BCUT2D eigenvalue weighted by atomic mass is 10.1. The molecule has 2 rings (SSSR count). The lowest BCUT2D eigenvalue weighted by Gasteiger charge is -2.26. The van der Waals surface area contributed by atoms with Crippen LogP contribution in [-0.2, 0) is 6.54 Å². The van der Waals surface area contributed by atoms with Crippen molar-refractivity contribution < 1.29 is 0 Å². The molecule has 2 heterocycles. The van der Waals surface area contributed by atoms with E-state index in [2.05, 4.69) is 20.6 Å². The molecule has 1 aromatic heterocycles. The molecule has 0 aromatic carbocycles. The van der Waals surface area contributed by atoms with Gasteiger partial charge in [-0.15, -0.1) is 0 Å². The number of aryl methyl sites for hydroxylation is 1. The van der Waals surface area contributed by atoms with Gasteiger partial charge in [0.25, 0.3) is 0 Å². The van der Waals surface area contributed by atoms with Crippen molar-refractivity contribution in [2.75, 3.05) is 19.6 Å². The third-order valence-corrected chi connectivity index (χ3v) is 3.36. The van der Waals surface area contributed by atoms with Crippen molar-refractivity contribution in [2.24, 2.45) is 0 Å². The van der Waals surface area contributed by atoms with E-state index in [1.54, 1.807) is 0 Å². The summed E-state index contributed by atoms with van der Waals surface area (Å²) >= 11 is 5.23. The number of aromatic nitrogens is 2. The largest absolute Gasteiger partial charge is 0.335 e. The molecule has 1 aliphatic rings. The first kappa shape index (κ1) is 10.9. The van der Waals surface area contributed by atoms with Gasteiger partial charge in [0.2, 0.25) is 0 Å². The highest BCUT2D eigenvalue weighted by molar-refractivity contribution is 7.71. The minimum Gasteiger partial charge on any atom is -0.335 e. The van der Waals surface area contributed by atoms with E-state index in [4.69, 9.17) is 12.2 Å². The average Bonchev–Trinajstić information content (AvgIpc) is 2.56. The van der Waals surface area contributed by atoms with Crippen LogP contribution in [0.5, 0.6) is 0 Å². The van der Waals surface area contributed by atoms with Crippen LogP contribution in [0.4, 0.5) is 0 Å². The maximum absolute atomic E-state index is 5.23. The van der Waals surface area contributed by atoms with E-state index in [-0.39, 0.29) is 0 Å². The fourth-order valence-electron chi connectivity index (χ4n) is 2.16. The first-order chi connectivity index (χ1) is 7.25. The van der Waals surface area contributed by atoms with E-state index < -0.39 is 0 Å². The summed E-state index contributed by atoms with van der Waals surface area (Å²) in [5.41, 5.74) is 1.15. The summed E-state index contributed by atoms with van der Waals surface area (Å²) in [6, 6.07) is 0. The third kappa shape index (κ3) is 2.92. The van der Waals surface area contributed by atoms with E-state index in [1.807, 2.05) is 6.92 Å². The molecule has 0 bridgehead atoms. The van der Waals surface area contributed by atoms with Crippen molar-refractivity contribution in [3.8, 4) is 0 Å². The standard InChI is InChI=1S/C11H19N3S/c1-10-9-14(11(15)12-10)8-7-13-5-3-2-4-6-13/h9H,2-8H2,1H3,(H,12,15). The number of imidazole rings is 1. The van der Waals surface area contributed by atoms with Crippen LogP contribution in [0.2, 0.25) is 0 Å². The molecule has 15 heavy (non-hydrogen) atoms. The molecule has 0 amide bonds. The van der Waals surface area contributed by atoms with Crippen molar-refractivity contribution in [3.05, 3.63) is 16.7 Å². The van der Waals surface area contributed by atoms with Crippen LogP contribution < -0.4 is 0 Å². The number of hydrogen-bond donors (Lipinski definition) is 1. The van der Waals surface area contributed by atoms with Gasteiger partial charge in [-0.25, -0.2) is 0 Å². The second-order valence-corrected chi connectivity index (χ2v) is 4.72. The Labute approximate surface area is 96.1 Å². The topological polar surface area (TPSA) is 24.0 Å². The van der Waals surface area contributed by atoms with Crippen LogP contribution >= 0.6 is 12.2 Å². The van der Waals surface area contributed by atoms with Gasteiger partial charge in [0.1, 0.15) is 0 Å². The molecule has 0 unspecified atom stereocenters. The lowest BCUT2D eigenvalue weighted by Crippen LogP contribution is -2.32. The maximum atomic E-state index is 5.23. The highest BCUT2D eigenvalue weighted by Crippen LogP contribution is 2.08. The summed E-state index contributed by atoms with van der Waals surface area (Å²) in [5, 5.41) is 0. The van der Waals surface area contributed by atoms with Crippen LogP contribution in [0.3, 0.4) is 0 Å². The predicted molar refractivity (Wildman–Crippen MR) is 64.6 cm³/mol. The molecule has 0 spiro atoms. The molecule has 1 saturated heterocycles. The molecule has 84 valence electrons. The van der Waals surface area contributed by atoms with Crippen molar-refractivity contribution in [1.29, 1.82) is 0 Å².